The van der Waals surface area contributed by atoms with E-state index < -0.39 is 0 Å². The van der Waals surface area contributed by atoms with Crippen LogP contribution in [0.3, 0.4) is 0 Å². The monoisotopic (exact) mass is 289 g/mol. The van der Waals surface area contributed by atoms with Crippen LogP contribution in [-0.2, 0) is 11.2 Å². The molecule has 1 fully saturated rings. The van der Waals surface area contributed by atoms with Gasteiger partial charge in [-0.1, -0.05) is 19.9 Å². The van der Waals surface area contributed by atoms with Crippen molar-refractivity contribution in [2.45, 2.75) is 57.8 Å². The highest BCUT2D eigenvalue weighted by atomic mass is 16.5. The maximum atomic E-state index is 6.59. The van der Waals surface area contributed by atoms with Gasteiger partial charge in [0.25, 0.3) is 0 Å². The van der Waals surface area contributed by atoms with Gasteiger partial charge in [-0.2, -0.15) is 0 Å². The van der Waals surface area contributed by atoms with Crippen LogP contribution in [0, 0.1) is 5.92 Å². The quantitative estimate of drug-likeness (QED) is 0.924. The van der Waals surface area contributed by atoms with E-state index in [9.17, 15) is 0 Å². The minimum Gasteiger partial charge on any atom is -0.497 e. The van der Waals surface area contributed by atoms with Gasteiger partial charge < -0.3 is 14.8 Å². The molecule has 3 nitrogen and oxygen atoms in total. The molecule has 1 aliphatic carbocycles. The highest BCUT2D eigenvalue weighted by Gasteiger charge is 2.41. The Labute approximate surface area is 128 Å². The van der Waals surface area contributed by atoms with Crippen LogP contribution in [0.15, 0.2) is 18.2 Å². The first kappa shape index (κ1) is 14.9. The summed E-state index contributed by atoms with van der Waals surface area (Å²) in [6, 6.07) is 6.86. The van der Waals surface area contributed by atoms with E-state index in [0.717, 1.165) is 31.6 Å². The van der Waals surface area contributed by atoms with Crippen molar-refractivity contribution < 1.29 is 9.47 Å². The second-order valence-electron chi connectivity index (χ2n) is 7.18. The Bertz CT molecular complexity index is 514. The molecule has 3 heteroatoms. The first-order valence-electron chi connectivity index (χ1n) is 8.09. The zero-order valence-electron chi connectivity index (χ0n) is 13.6. The molecule has 3 unspecified atom stereocenters. The number of rotatable bonds is 3. The molecule has 0 amide bonds. The molecule has 1 aromatic carbocycles. The van der Waals surface area contributed by atoms with Crippen LogP contribution in [-0.4, -0.2) is 25.3 Å². The third kappa shape index (κ3) is 2.95. The number of morpholine rings is 1. The van der Waals surface area contributed by atoms with E-state index in [1.165, 1.54) is 11.1 Å². The smallest absolute Gasteiger partial charge is 0.119 e. The molecule has 0 saturated carbocycles. The molecule has 3 atom stereocenters. The molecule has 116 valence electrons. The fourth-order valence-electron chi connectivity index (χ4n) is 3.92. The number of aryl methyl sites for hydroxylation is 1. The van der Waals surface area contributed by atoms with Crippen molar-refractivity contribution >= 4 is 0 Å². The molecule has 1 aliphatic heterocycles. The molecule has 1 saturated heterocycles. The summed E-state index contributed by atoms with van der Waals surface area (Å²) in [4.78, 5) is 0. The Hall–Kier alpha value is -1.06. The molecular weight excluding hydrogens is 262 g/mol. The van der Waals surface area contributed by atoms with Crippen LogP contribution in [0.2, 0.25) is 0 Å². The Morgan fingerprint density at radius 3 is 2.95 bits per heavy atom. The predicted octanol–water partition coefficient (Wildman–Crippen LogP) is 3.48. The van der Waals surface area contributed by atoms with Crippen molar-refractivity contribution in [3.05, 3.63) is 29.3 Å². The minimum atomic E-state index is -0.0656. The Morgan fingerprint density at radius 1 is 1.43 bits per heavy atom. The van der Waals surface area contributed by atoms with Gasteiger partial charge in [-0.3, -0.25) is 0 Å². The lowest BCUT2D eigenvalue weighted by Crippen LogP contribution is -2.56. The van der Waals surface area contributed by atoms with Gasteiger partial charge in [-0.15, -0.1) is 0 Å². The number of benzene rings is 1. The molecule has 1 heterocycles. The van der Waals surface area contributed by atoms with Crippen molar-refractivity contribution in [2.24, 2.45) is 5.92 Å². The van der Waals surface area contributed by atoms with Gasteiger partial charge in [0.05, 0.1) is 18.8 Å². The van der Waals surface area contributed by atoms with E-state index in [1.54, 1.807) is 7.11 Å². The molecule has 0 bridgehead atoms. The van der Waals surface area contributed by atoms with Crippen molar-refractivity contribution in [3.8, 4) is 5.75 Å². The molecule has 3 rings (SSSR count). The van der Waals surface area contributed by atoms with Gasteiger partial charge >= 0.3 is 0 Å². The van der Waals surface area contributed by atoms with Gasteiger partial charge in [-0.05, 0) is 55.4 Å². The Kier molecular flexibility index (Phi) is 3.98. The van der Waals surface area contributed by atoms with E-state index in [2.05, 4.69) is 44.3 Å². The molecule has 1 N–H and O–H groups in total. The lowest BCUT2D eigenvalue weighted by molar-refractivity contribution is -0.140. The first-order valence-corrected chi connectivity index (χ1v) is 8.09. The first-order chi connectivity index (χ1) is 10.0. The average Bonchev–Trinajstić information content (AvgIpc) is 2.45. The fraction of sp³-hybridized carbons (Fsp3) is 0.667. The maximum Gasteiger partial charge on any atom is 0.119 e. The number of fused-ring (bicyclic) bond motifs is 3. The Balaban J connectivity index is 1.86. The summed E-state index contributed by atoms with van der Waals surface area (Å²) in [5.74, 6) is 1.59. The Morgan fingerprint density at radius 2 is 2.24 bits per heavy atom. The van der Waals surface area contributed by atoms with E-state index in [0.29, 0.717) is 12.0 Å². The molecule has 0 radical (unpaired) electrons. The summed E-state index contributed by atoms with van der Waals surface area (Å²) < 4.78 is 11.9. The molecule has 1 aromatic rings. The lowest BCUT2D eigenvalue weighted by atomic mass is 9.82. The normalized spacial score (nSPS) is 31.7. The summed E-state index contributed by atoms with van der Waals surface area (Å²) >= 11 is 0. The highest BCUT2D eigenvalue weighted by Crippen LogP contribution is 2.41. The fourth-order valence-corrected chi connectivity index (χ4v) is 3.92. The summed E-state index contributed by atoms with van der Waals surface area (Å²) in [7, 11) is 1.73. The third-order valence-electron chi connectivity index (χ3n) is 4.74. The average molecular weight is 289 g/mol. The number of hydrogen-bond donors (Lipinski definition) is 1. The molecule has 0 aromatic heterocycles. The second kappa shape index (κ2) is 5.62. The second-order valence-corrected chi connectivity index (χ2v) is 7.18. The van der Waals surface area contributed by atoms with Crippen molar-refractivity contribution in [3.63, 3.8) is 0 Å². The van der Waals surface area contributed by atoms with Gasteiger partial charge in [0, 0.05) is 12.6 Å². The van der Waals surface area contributed by atoms with Crippen molar-refractivity contribution in [2.75, 3.05) is 13.7 Å². The maximum absolute atomic E-state index is 6.59. The van der Waals surface area contributed by atoms with Crippen LogP contribution in [0.5, 0.6) is 5.75 Å². The van der Waals surface area contributed by atoms with Crippen LogP contribution in [0.25, 0.3) is 0 Å². The standard InChI is InChI=1S/C18H27NO2/c1-12(2)10-18(3)11-19-16-8-5-13-9-14(20-4)6-7-15(13)17(16)21-18/h6-7,9,12,16-17,19H,5,8,10-11H2,1-4H3. The van der Waals surface area contributed by atoms with E-state index in [-0.39, 0.29) is 11.7 Å². The van der Waals surface area contributed by atoms with Crippen molar-refractivity contribution in [1.29, 1.82) is 0 Å². The number of ether oxygens (including phenoxy) is 2. The van der Waals surface area contributed by atoms with Gasteiger partial charge in [0.15, 0.2) is 0 Å². The van der Waals surface area contributed by atoms with Crippen molar-refractivity contribution in [1.82, 2.24) is 5.32 Å². The minimum absolute atomic E-state index is 0.0656. The molecule has 21 heavy (non-hydrogen) atoms. The van der Waals surface area contributed by atoms with Crippen LogP contribution in [0.4, 0.5) is 0 Å². The summed E-state index contributed by atoms with van der Waals surface area (Å²) in [5, 5.41) is 3.73. The molecular formula is C18H27NO2. The van der Waals surface area contributed by atoms with Gasteiger partial charge in [-0.25, -0.2) is 0 Å². The highest BCUT2D eigenvalue weighted by molar-refractivity contribution is 5.40. The van der Waals surface area contributed by atoms with Crippen LogP contribution in [0.1, 0.15) is 50.8 Å². The van der Waals surface area contributed by atoms with Gasteiger partial charge in [0.1, 0.15) is 5.75 Å². The lowest BCUT2D eigenvalue weighted by Gasteiger charge is -2.47. The summed E-state index contributed by atoms with van der Waals surface area (Å²) in [6.07, 6.45) is 3.51. The van der Waals surface area contributed by atoms with E-state index in [4.69, 9.17) is 9.47 Å². The summed E-state index contributed by atoms with van der Waals surface area (Å²) in [6.45, 7) is 7.73. The van der Waals surface area contributed by atoms with E-state index >= 15 is 0 Å². The van der Waals surface area contributed by atoms with Crippen LogP contribution >= 0.6 is 0 Å². The zero-order chi connectivity index (χ0) is 15.0. The predicted molar refractivity (Wildman–Crippen MR) is 84.8 cm³/mol. The van der Waals surface area contributed by atoms with E-state index in [1.807, 2.05) is 0 Å². The number of nitrogens with one attached hydrogen (secondary N) is 1. The SMILES string of the molecule is COc1ccc2c(c1)CCC1NCC(C)(CC(C)C)OC21. The number of hydrogen-bond acceptors (Lipinski definition) is 3. The van der Waals surface area contributed by atoms with Gasteiger partial charge in [0.2, 0.25) is 0 Å². The zero-order valence-corrected chi connectivity index (χ0v) is 13.6. The molecule has 2 aliphatic rings. The number of methoxy groups -OCH3 is 1. The topological polar surface area (TPSA) is 30.5 Å². The third-order valence-corrected chi connectivity index (χ3v) is 4.74. The van der Waals surface area contributed by atoms with Crippen LogP contribution < -0.4 is 10.1 Å². The summed E-state index contributed by atoms with van der Waals surface area (Å²) in [5.41, 5.74) is 2.66. The molecule has 0 spiro atoms. The largest absolute Gasteiger partial charge is 0.497 e.